The van der Waals surface area contributed by atoms with E-state index in [1.807, 2.05) is 24.3 Å². The Morgan fingerprint density at radius 1 is 1.13 bits per heavy atom. The Hall–Kier alpha value is -3.88. The summed E-state index contributed by atoms with van der Waals surface area (Å²) in [5.74, 6) is 1.66. The zero-order valence-electron chi connectivity index (χ0n) is 17.0. The SMILES string of the molecule is COc1cc(CCc2cc(NC(=O)c3c(C)nn4cccnc34)n[nH]2)cc(OC)c1. The number of benzene rings is 1. The van der Waals surface area contributed by atoms with E-state index >= 15 is 0 Å². The molecule has 4 rings (SSSR count). The van der Waals surface area contributed by atoms with E-state index < -0.39 is 0 Å². The molecule has 9 heteroatoms. The Morgan fingerprint density at radius 2 is 1.90 bits per heavy atom. The molecule has 3 heterocycles. The number of methoxy groups -OCH3 is 2. The highest BCUT2D eigenvalue weighted by Gasteiger charge is 2.19. The van der Waals surface area contributed by atoms with Crippen LogP contribution in [0.5, 0.6) is 11.5 Å². The first kappa shape index (κ1) is 19.4. The Balaban J connectivity index is 1.44. The number of fused-ring (bicyclic) bond motifs is 1. The van der Waals surface area contributed by atoms with Crippen molar-refractivity contribution in [3.63, 3.8) is 0 Å². The van der Waals surface area contributed by atoms with Crippen LogP contribution in [0.1, 0.15) is 27.3 Å². The van der Waals surface area contributed by atoms with Gasteiger partial charge in [0.05, 0.1) is 19.9 Å². The average molecular weight is 406 g/mol. The molecule has 154 valence electrons. The van der Waals surface area contributed by atoms with Gasteiger partial charge in [0.25, 0.3) is 5.91 Å². The minimum absolute atomic E-state index is 0.295. The molecule has 4 aromatic rings. The molecule has 2 N–H and O–H groups in total. The highest BCUT2D eigenvalue weighted by molar-refractivity contribution is 6.08. The fraction of sp³-hybridized carbons (Fsp3) is 0.238. The molecule has 0 atom stereocenters. The highest BCUT2D eigenvalue weighted by atomic mass is 16.5. The number of H-pyrrole nitrogens is 1. The van der Waals surface area contributed by atoms with Crippen molar-refractivity contribution in [2.45, 2.75) is 19.8 Å². The lowest BCUT2D eigenvalue weighted by atomic mass is 10.1. The summed E-state index contributed by atoms with van der Waals surface area (Å²) in [4.78, 5) is 17.0. The van der Waals surface area contributed by atoms with Crippen LogP contribution in [-0.4, -0.2) is 44.9 Å². The van der Waals surface area contributed by atoms with Crippen molar-refractivity contribution in [1.82, 2.24) is 24.8 Å². The summed E-state index contributed by atoms with van der Waals surface area (Å²) < 4.78 is 12.2. The molecule has 0 aliphatic carbocycles. The molecule has 0 unspecified atom stereocenters. The molecule has 0 aliphatic heterocycles. The van der Waals surface area contributed by atoms with Gasteiger partial charge in [-0.15, -0.1) is 0 Å². The third-order valence-corrected chi connectivity index (χ3v) is 4.76. The van der Waals surface area contributed by atoms with Crippen molar-refractivity contribution < 1.29 is 14.3 Å². The zero-order chi connectivity index (χ0) is 21.1. The molecule has 1 aromatic carbocycles. The van der Waals surface area contributed by atoms with Crippen LogP contribution >= 0.6 is 0 Å². The number of aryl methyl sites for hydroxylation is 3. The van der Waals surface area contributed by atoms with Crippen LogP contribution < -0.4 is 14.8 Å². The molecule has 0 fully saturated rings. The first-order valence-electron chi connectivity index (χ1n) is 9.45. The van der Waals surface area contributed by atoms with Crippen molar-refractivity contribution >= 4 is 17.4 Å². The maximum absolute atomic E-state index is 12.8. The van der Waals surface area contributed by atoms with Crippen molar-refractivity contribution in [3.05, 3.63) is 65.2 Å². The number of nitrogens with zero attached hydrogens (tertiary/aromatic N) is 4. The predicted molar refractivity (Wildman–Crippen MR) is 111 cm³/mol. The van der Waals surface area contributed by atoms with Crippen molar-refractivity contribution in [2.75, 3.05) is 19.5 Å². The molecular weight excluding hydrogens is 384 g/mol. The Morgan fingerprint density at radius 3 is 2.63 bits per heavy atom. The number of nitrogens with one attached hydrogen (secondary N) is 2. The maximum atomic E-state index is 12.8. The van der Waals surface area contributed by atoms with Gasteiger partial charge in [0.2, 0.25) is 0 Å². The van der Waals surface area contributed by atoms with Crippen molar-refractivity contribution in [2.24, 2.45) is 0 Å². The number of hydrogen-bond acceptors (Lipinski definition) is 6. The minimum Gasteiger partial charge on any atom is -0.497 e. The van der Waals surface area contributed by atoms with Gasteiger partial charge in [0.1, 0.15) is 17.1 Å². The second-order valence-corrected chi connectivity index (χ2v) is 6.80. The topological polar surface area (TPSA) is 106 Å². The number of carbonyl (C=O) groups is 1. The number of rotatable bonds is 7. The summed E-state index contributed by atoms with van der Waals surface area (Å²) in [5.41, 5.74) is 3.54. The van der Waals surface area contributed by atoms with Gasteiger partial charge in [-0.3, -0.25) is 9.89 Å². The normalized spacial score (nSPS) is 10.9. The number of aromatic nitrogens is 5. The van der Waals surface area contributed by atoms with E-state index in [4.69, 9.17) is 9.47 Å². The van der Waals surface area contributed by atoms with E-state index in [9.17, 15) is 4.79 Å². The second kappa shape index (κ2) is 8.24. The number of carbonyl (C=O) groups excluding carboxylic acids is 1. The van der Waals surface area contributed by atoms with E-state index in [1.165, 1.54) is 0 Å². The number of aromatic amines is 1. The monoisotopic (exact) mass is 406 g/mol. The minimum atomic E-state index is -0.295. The molecule has 9 nitrogen and oxygen atoms in total. The van der Waals surface area contributed by atoms with Gasteiger partial charge in [-0.05, 0) is 43.5 Å². The van der Waals surface area contributed by atoms with Gasteiger partial charge in [0, 0.05) is 30.2 Å². The Kier molecular flexibility index (Phi) is 5.34. The fourth-order valence-electron chi connectivity index (χ4n) is 3.28. The Bertz CT molecular complexity index is 1170. The molecule has 0 bridgehead atoms. The number of hydrogen-bond donors (Lipinski definition) is 2. The number of amides is 1. The predicted octanol–water partition coefficient (Wildman–Crippen LogP) is 2.82. The maximum Gasteiger partial charge on any atom is 0.262 e. The van der Waals surface area contributed by atoms with E-state index in [0.29, 0.717) is 22.7 Å². The first-order chi connectivity index (χ1) is 14.6. The van der Waals surface area contributed by atoms with Crippen LogP contribution in [0.4, 0.5) is 5.82 Å². The van der Waals surface area contributed by atoms with E-state index in [1.54, 1.807) is 44.1 Å². The van der Waals surface area contributed by atoms with Gasteiger partial charge in [0.15, 0.2) is 11.5 Å². The summed E-state index contributed by atoms with van der Waals surface area (Å²) in [6.07, 6.45) is 4.87. The first-order valence-corrected chi connectivity index (χ1v) is 9.45. The molecule has 3 aromatic heterocycles. The third kappa shape index (κ3) is 3.95. The van der Waals surface area contributed by atoms with Gasteiger partial charge in [-0.1, -0.05) is 0 Å². The van der Waals surface area contributed by atoms with Crippen LogP contribution in [0.15, 0.2) is 42.7 Å². The molecule has 30 heavy (non-hydrogen) atoms. The average Bonchev–Trinajstić information content (AvgIpc) is 3.34. The Labute approximate surface area is 173 Å². The molecule has 0 radical (unpaired) electrons. The van der Waals surface area contributed by atoms with Crippen molar-refractivity contribution in [1.29, 1.82) is 0 Å². The lowest BCUT2D eigenvalue weighted by Crippen LogP contribution is -2.13. The number of ether oxygens (including phenoxy) is 2. The number of anilines is 1. The molecule has 0 aliphatic rings. The summed E-state index contributed by atoms with van der Waals surface area (Å²) in [6, 6.07) is 9.37. The van der Waals surface area contributed by atoms with Crippen LogP contribution in [-0.2, 0) is 12.8 Å². The molecule has 0 saturated heterocycles. The summed E-state index contributed by atoms with van der Waals surface area (Å²) in [5, 5.41) is 14.3. The van der Waals surface area contributed by atoms with Gasteiger partial charge in [-0.2, -0.15) is 10.2 Å². The van der Waals surface area contributed by atoms with Crippen LogP contribution in [0.2, 0.25) is 0 Å². The second-order valence-electron chi connectivity index (χ2n) is 6.80. The summed E-state index contributed by atoms with van der Waals surface area (Å²) >= 11 is 0. The van der Waals surface area contributed by atoms with Gasteiger partial charge >= 0.3 is 0 Å². The fourth-order valence-corrected chi connectivity index (χ4v) is 3.28. The van der Waals surface area contributed by atoms with Crippen LogP contribution in [0, 0.1) is 6.92 Å². The zero-order valence-corrected chi connectivity index (χ0v) is 17.0. The van der Waals surface area contributed by atoms with Crippen molar-refractivity contribution in [3.8, 4) is 11.5 Å². The van der Waals surface area contributed by atoms with E-state index in [0.717, 1.165) is 35.6 Å². The molecule has 0 saturated carbocycles. The standard InChI is InChI=1S/C21H22N6O3/c1-13-19(20-22-7-4-8-27(20)26-13)21(28)23-18-11-15(24-25-18)6-5-14-9-16(29-2)12-17(10-14)30-3/h4,7-12H,5-6H2,1-3H3,(H2,23,24,25,28). The van der Waals surface area contributed by atoms with E-state index in [2.05, 4.69) is 25.6 Å². The largest absolute Gasteiger partial charge is 0.497 e. The summed E-state index contributed by atoms with van der Waals surface area (Å²) in [6.45, 7) is 1.78. The van der Waals surface area contributed by atoms with Gasteiger partial charge < -0.3 is 14.8 Å². The summed E-state index contributed by atoms with van der Waals surface area (Å²) in [7, 11) is 3.26. The highest BCUT2D eigenvalue weighted by Crippen LogP contribution is 2.23. The van der Waals surface area contributed by atoms with Crippen LogP contribution in [0.25, 0.3) is 5.65 Å². The van der Waals surface area contributed by atoms with Gasteiger partial charge in [-0.25, -0.2) is 9.50 Å². The lowest BCUT2D eigenvalue weighted by molar-refractivity contribution is 0.102. The smallest absolute Gasteiger partial charge is 0.262 e. The lowest BCUT2D eigenvalue weighted by Gasteiger charge is -2.08. The molecule has 0 spiro atoms. The van der Waals surface area contributed by atoms with E-state index in [-0.39, 0.29) is 5.91 Å². The third-order valence-electron chi connectivity index (χ3n) is 4.76. The molecular formula is C21H22N6O3. The molecule has 1 amide bonds. The van der Waals surface area contributed by atoms with Crippen LogP contribution in [0.3, 0.4) is 0 Å². The quantitative estimate of drug-likeness (QED) is 0.489.